The fourth-order valence-corrected chi connectivity index (χ4v) is 2.79. The number of hydrogen-bond acceptors (Lipinski definition) is 3. The van der Waals surface area contributed by atoms with Crippen LogP contribution in [0.25, 0.3) is 11.3 Å². The molecule has 0 spiro atoms. The van der Waals surface area contributed by atoms with Crippen molar-refractivity contribution in [1.82, 2.24) is 10.3 Å². The van der Waals surface area contributed by atoms with Crippen LogP contribution in [0, 0.1) is 6.92 Å². The second-order valence-corrected chi connectivity index (χ2v) is 6.82. The first kappa shape index (κ1) is 21.4. The third-order valence-corrected chi connectivity index (χ3v) is 4.42. The molecular formula is C21H27F3N2O. The summed E-state index contributed by atoms with van der Waals surface area (Å²) in [7, 11) is 0. The highest BCUT2D eigenvalue weighted by Crippen LogP contribution is 2.32. The number of alkyl halides is 3. The minimum Gasteiger partial charge on any atom is -0.387 e. The first-order chi connectivity index (χ1) is 12.8. The summed E-state index contributed by atoms with van der Waals surface area (Å²) in [5.74, 6) is 0. The maximum atomic E-state index is 13.3. The standard InChI is InChI=1S/C21H27F3N2O/c1-3-4-5-6-11-25-14-19(27)17-12-18(16-9-7-15(2)8-10-16)26-20(13-17)21(22,23)24/h7-10,12-13,19,25,27H,3-6,11,14H2,1-2H3/t19-/m1/s1. The van der Waals surface area contributed by atoms with Crippen LogP contribution in [-0.2, 0) is 6.18 Å². The molecule has 0 aliphatic heterocycles. The SMILES string of the molecule is CCCCCCNC[C@@H](O)c1cc(-c2ccc(C)cc2)nc(C(F)(F)F)c1. The van der Waals surface area contributed by atoms with Crippen LogP contribution in [0.4, 0.5) is 13.2 Å². The van der Waals surface area contributed by atoms with Crippen LogP contribution in [0.3, 0.4) is 0 Å². The quantitative estimate of drug-likeness (QED) is 0.582. The zero-order valence-corrected chi connectivity index (χ0v) is 15.8. The van der Waals surface area contributed by atoms with Crippen LogP contribution in [0.15, 0.2) is 36.4 Å². The van der Waals surface area contributed by atoms with E-state index < -0.39 is 18.0 Å². The van der Waals surface area contributed by atoms with E-state index in [1.165, 1.54) is 6.07 Å². The summed E-state index contributed by atoms with van der Waals surface area (Å²) in [6.45, 7) is 4.98. The number of nitrogens with zero attached hydrogens (tertiary/aromatic N) is 1. The Morgan fingerprint density at radius 2 is 1.78 bits per heavy atom. The predicted molar refractivity (Wildman–Crippen MR) is 101 cm³/mol. The summed E-state index contributed by atoms with van der Waals surface area (Å²) >= 11 is 0. The van der Waals surface area contributed by atoms with Gasteiger partial charge in [0.05, 0.1) is 11.8 Å². The lowest BCUT2D eigenvalue weighted by molar-refractivity contribution is -0.141. The molecule has 0 saturated heterocycles. The molecule has 0 aliphatic carbocycles. The topological polar surface area (TPSA) is 45.1 Å². The van der Waals surface area contributed by atoms with E-state index in [2.05, 4.69) is 17.2 Å². The number of benzene rings is 1. The lowest BCUT2D eigenvalue weighted by Gasteiger charge is -2.16. The maximum absolute atomic E-state index is 13.3. The van der Waals surface area contributed by atoms with Crippen molar-refractivity contribution >= 4 is 0 Å². The fourth-order valence-electron chi connectivity index (χ4n) is 2.79. The van der Waals surface area contributed by atoms with E-state index >= 15 is 0 Å². The summed E-state index contributed by atoms with van der Waals surface area (Å²) in [6.07, 6.45) is -1.21. The lowest BCUT2D eigenvalue weighted by atomic mass is 10.0. The zero-order valence-electron chi connectivity index (χ0n) is 15.8. The Labute approximate surface area is 158 Å². The van der Waals surface area contributed by atoms with Gasteiger partial charge in [0.25, 0.3) is 0 Å². The van der Waals surface area contributed by atoms with E-state index in [1.54, 1.807) is 12.1 Å². The largest absolute Gasteiger partial charge is 0.433 e. The normalized spacial score (nSPS) is 13.0. The summed E-state index contributed by atoms with van der Waals surface area (Å²) in [6, 6.07) is 9.58. The molecule has 1 aromatic carbocycles. The molecule has 0 fully saturated rings. The molecule has 2 rings (SSSR count). The van der Waals surface area contributed by atoms with Gasteiger partial charge in [-0.2, -0.15) is 13.2 Å². The second-order valence-electron chi connectivity index (χ2n) is 6.82. The van der Waals surface area contributed by atoms with Gasteiger partial charge in [-0.3, -0.25) is 0 Å². The average Bonchev–Trinajstić information content (AvgIpc) is 2.64. The van der Waals surface area contributed by atoms with E-state index in [9.17, 15) is 18.3 Å². The van der Waals surface area contributed by atoms with Gasteiger partial charge in [0, 0.05) is 12.1 Å². The number of aryl methyl sites for hydroxylation is 1. The highest BCUT2D eigenvalue weighted by atomic mass is 19.4. The van der Waals surface area contributed by atoms with Gasteiger partial charge in [0.15, 0.2) is 0 Å². The van der Waals surface area contributed by atoms with Crippen LogP contribution in [0.2, 0.25) is 0 Å². The van der Waals surface area contributed by atoms with E-state index in [0.717, 1.165) is 43.9 Å². The molecule has 1 atom stereocenters. The second kappa shape index (κ2) is 9.85. The van der Waals surface area contributed by atoms with Gasteiger partial charge in [-0.05, 0) is 37.6 Å². The molecule has 0 unspecified atom stereocenters. The van der Waals surface area contributed by atoms with Gasteiger partial charge in [0.2, 0.25) is 0 Å². The first-order valence-electron chi connectivity index (χ1n) is 9.36. The first-order valence-corrected chi connectivity index (χ1v) is 9.36. The van der Waals surface area contributed by atoms with Gasteiger partial charge < -0.3 is 10.4 Å². The van der Waals surface area contributed by atoms with Gasteiger partial charge in [0.1, 0.15) is 5.69 Å². The summed E-state index contributed by atoms with van der Waals surface area (Å²) < 4.78 is 39.8. The summed E-state index contributed by atoms with van der Waals surface area (Å²) in [5, 5.41) is 13.5. The number of aliphatic hydroxyl groups is 1. The van der Waals surface area contributed by atoms with Crippen LogP contribution in [0.5, 0.6) is 0 Å². The molecule has 6 heteroatoms. The van der Waals surface area contributed by atoms with Gasteiger partial charge in [-0.25, -0.2) is 4.98 Å². The minimum atomic E-state index is -4.57. The van der Waals surface area contributed by atoms with Crippen LogP contribution in [-0.4, -0.2) is 23.2 Å². The number of unbranched alkanes of at least 4 members (excludes halogenated alkanes) is 3. The molecule has 0 aliphatic rings. The van der Waals surface area contributed by atoms with Crippen LogP contribution >= 0.6 is 0 Å². The van der Waals surface area contributed by atoms with Crippen molar-refractivity contribution in [3.05, 3.63) is 53.2 Å². The highest BCUT2D eigenvalue weighted by Gasteiger charge is 2.33. The number of pyridine rings is 1. The van der Waals surface area contributed by atoms with Gasteiger partial charge in [-0.15, -0.1) is 0 Å². The summed E-state index contributed by atoms with van der Waals surface area (Å²) in [4.78, 5) is 3.76. The van der Waals surface area contributed by atoms with E-state index in [0.29, 0.717) is 5.56 Å². The Bertz CT molecular complexity index is 714. The van der Waals surface area contributed by atoms with Crippen molar-refractivity contribution in [2.45, 2.75) is 51.8 Å². The number of rotatable bonds is 9. The Balaban J connectivity index is 2.17. The maximum Gasteiger partial charge on any atom is 0.433 e. The molecule has 148 valence electrons. The molecule has 1 aromatic heterocycles. The van der Waals surface area contributed by atoms with Crippen molar-refractivity contribution in [3.8, 4) is 11.3 Å². The van der Waals surface area contributed by atoms with Gasteiger partial charge in [-0.1, -0.05) is 56.0 Å². The molecular weight excluding hydrogens is 353 g/mol. The lowest BCUT2D eigenvalue weighted by Crippen LogP contribution is -2.23. The Morgan fingerprint density at radius 1 is 1.07 bits per heavy atom. The minimum absolute atomic E-state index is 0.209. The fraction of sp³-hybridized carbons (Fsp3) is 0.476. The van der Waals surface area contributed by atoms with E-state index in [4.69, 9.17) is 0 Å². The molecule has 3 nitrogen and oxygen atoms in total. The van der Waals surface area contributed by atoms with Gasteiger partial charge >= 0.3 is 6.18 Å². The monoisotopic (exact) mass is 380 g/mol. The van der Waals surface area contributed by atoms with Crippen molar-refractivity contribution in [2.75, 3.05) is 13.1 Å². The number of nitrogens with one attached hydrogen (secondary N) is 1. The molecule has 27 heavy (non-hydrogen) atoms. The Morgan fingerprint density at radius 3 is 2.41 bits per heavy atom. The van der Waals surface area contributed by atoms with Crippen molar-refractivity contribution in [3.63, 3.8) is 0 Å². The average molecular weight is 380 g/mol. The molecule has 0 saturated carbocycles. The van der Waals surface area contributed by atoms with E-state index in [1.807, 2.05) is 19.1 Å². The summed E-state index contributed by atoms with van der Waals surface area (Å²) in [5.41, 5.74) is 1.04. The molecule has 0 bridgehead atoms. The molecule has 1 heterocycles. The van der Waals surface area contributed by atoms with Crippen LogP contribution < -0.4 is 5.32 Å². The van der Waals surface area contributed by atoms with Crippen molar-refractivity contribution in [2.24, 2.45) is 0 Å². The Hall–Kier alpha value is -1.92. The third-order valence-electron chi connectivity index (χ3n) is 4.42. The van der Waals surface area contributed by atoms with Crippen molar-refractivity contribution < 1.29 is 18.3 Å². The highest BCUT2D eigenvalue weighted by molar-refractivity contribution is 5.61. The molecule has 2 N–H and O–H groups in total. The number of hydrogen-bond donors (Lipinski definition) is 2. The van der Waals surface area contributed by atoms with E-state index in [-0.39, 0.29) is 17.8 Å². The number of aliphatic hydroxyl groups excluding tert-OH is 1. The molecule has 2 aromatic rings. The predicted octanol–water partition coefficient (Wildman–Crippen LogP) is 5.28. The zero-order chi connectivity index (χ0) is 19.9. The molecule has 0 amide bonds. The third kappa shape index (κ3) is 6.63. The van der Waals surface area contributed by atoms with Crippen molar-refractivity contribution in [1.29, 1.82) is 0 Å². The molecule has 0 radical (unpaired) electrons. The number of halogens is 3. The smallest absolute Gasteiger partial charge is 0.387 e. The number of aromatic nitrogens is 1. The Kier molecular flexibility index (Phi) is 7.80. The van der Waals surface area contributed by atoms with Crippen LogP contribution in [0.1, 0.15) is 55.5 Å².